The van der Waals surface area contributed by atoms with Gasteiger partial charge in [-0.1, -0.05) is 6.58 Å². The lowest BCUT2D eigenvalue weighted by Gasteiger charge is -2.37. The predicted octanol–water partition coefficient (Wildman–Crippen LogP) is -1.55. The molecule has 1 saturated heterocycles. The highest BCUT2D eigenvalue weighted by atomic mass is 16.5. The second kappa shape index (κ2) is 4.52. The molecule has 3 unspecified atom stereocenters. The third kappa shape index (κ3) is 2.21. The third-order valence-electron chi connectivity index (χ3n) is 3.06. The van der Waals surface area contributed by atoms with E-state index in [0.717, 1.165) is 0 Å². The Bertz CT molecular complexity index is 346. The number of guanidine groups is 1. The third-order valence-corrected chi connectivity index (χ3v) is 3.06. The molecule has 0 aliphatic carbocycles. The van der Waals surface area contributed by atoms with Gasteiger partial charge in [0.25, 0.3) is 0 Å². The summed E-state index contributed by atoms with van der Waals surface area (Å²) >= 11 is 0. The van der Waals surface area contributed by atoms with Crippen molar-refractivity contribution in [1.29, 1.82) is 0 Å². The molecule has 96 valence electrons. The maximum Gasteiger partial charge on any atom is 0.199 e. The van der Waals surface area contributed by atoms with E-state index in [1.54, 1.807) is 4.90 Å². The van der Waals surface area contributed by atoms with Crippen molar-refractivity contribution in [3.8, 4) is 0 Å². The molecule has 0 spiro atoms. The Morgan fingerprint density at radius 1 is 1.65 bits per heavy atom. The van der Waals surface area contributed by atoms with Crippen LogP contribution in [0.5, 0.6) is 0 Å². The van der Waals surface area contributed by atoms with Gasteiger partial charge in [-0.25, -0.2) is 0 Å². The average Bonchev–Trinajstić information content (AvgIpc) is 2.65. The van der Waals surface area contributed by atoms with Gasteiger partial charge in [0.1, 0.15) is 18.2 Å². The largest absolute Gasteiger partial charge is 0.394 e. The van der Waals surface area contributed by atoms with E-state index in [0.29, 0.717) is 24.9 Å². The fourth-order valence-electron chi connectivity index (χ4n) is 1.99. The molecule has 3 atom stereocenters. The fraction of sp³-hybridized carbons (Fsp3) is 0.700. The van der Waals surface area contributed by atoms with E-state index in [1.807, 2.05) is 11.9 Å². The molecule has 0 saturated carbocycles. The maximum atomic E-state index is 9.68. The van der Waals surface area contributed by atoms with Gasteiger partial charge in [0, 0.05) is 13.5 Å². The van der Waals surface area contributed by atoms with Crippen molar-refractivity contribution >= 4 is 5.96 Å². The first-order valence-corrected chi connectivity index (χ1v) is 5.48. The van der Waals surface area contributed by atoms with E-state index >= 15 is 0 Å². The number of hydrogen-bond donors (Lipinski definition) is 3. The number of ether oxygens (including phenoxy) is 1. The molecule has 2 rings (SSSR count). The Morgan fingerprint density at radius 2 is 2.35 bits per heavy atom. The van der Waals surface area contributed by atoms with E-state index in [2.05, 4.69) is 11.6 Å². The Hall–Kier alpha value is -1.31. The van der Waals surface area contributed by atoms with Gasteiger partial charge in [-0.15, -0.1) is 0 Å². The first-order chi connectivity index (χ1) is 8.02. The lowest BCUT2D eigenvalue weighted by atomic mass is 10.2. The predicted molar refractivity (Wildman–Crippen MR) is 61.6 cm³/mol. The van der Waals surface area contributed by atoms with Crippen molar-refractivity contribution in [2.75, 3.05) is 20.3 Å². The number of nitrogens with two attached hydrogens (primary N) is 1. The van der Waals surface area contributed by atoms with Crippen molar-refractivity contribution in [3.63, 3.8) is 0 Å². The van der Waals surface area contributed by atoms with Gasteiger partial charge >= 0.3 is 0 Å². The summed E-state index contributed by atoms with van der Waals surface area (Å²) in [5.41, 5.74) is 5.67. The zero-order chi connectivity index (χ0) is 12.6. The monoisotopic (exact) mass is 242 g/mol. The normalized spacial score (nSPS) is 34.2. The lowest BCUT2D eigenvalue weighted by Crippen LogP contribution is -2.49. The quantitative estimate of drug-likeness (QED) is 0.542. The molecule has 7 nitrogen and oxygen atoms in total. The molecule has 0 aromatic carbocycles. The van der Waals surface area contributed by atoms with Crippen molar-refractivity contribution in [2.24, 2.45) is 10.7 Å². The zero-order valence-corrected chi connectivity index (χ0v) is 9.78. The van der Waals surface area contributed by atoms with Crippen LogP contribution in [-0.4, -0.2) is 64.7 Å². The summed E-state index contributed by atoms with van der Waals surface area (Å²) in [6, 6.07) is 0. The summed E-state index contributed by atoms with van der Waals surface area (Å²) in [7, 11) is 1.81. The standard InChI is InChI=1S/C10H18N4O3/c1-6-12-10(11)13(2)5-14(6)9-3-7(16)8(4-15)17-9/h7-9,15-16H,1,3-5H2,2H3,(H2,11,12). The Kier molecular flexibility index (Phi) is 3.23. The molecular weight excluding hydrogens is 224 g/mol. The summed E-state index contributed by atoms with van der Waals surface area (Å²) in [6.07, 6.45) is -1.10. The average molecular weight is 242 g/mol. The molecule has 0 aromatic rings. The van der Waals surface area contributed by atoms with Crippen LogP contribution in [0.2, 0.25) is 0 Å². The molecule has 7 heteroatoms. The van der Waals surface area contributed by atoms with E-state index in [9.17, 15) is 5.11 Å². The number of hydrogen-bond acceptors (Lipinski definition) is 7. The van der Waals surface area contributed by atoms with Gasteiger partial charge in [0.2, 0.25) is 0 Å². The number of rotatable bonds is 2. The highest BCUT2D eigenvalue weighted by molar-refractivity contribution is 5.79. The van der Waals surface area contributed by atoms with E-state index in [4.69, 9.17) is 15.6 Å². The van der Waals surface area contributed by atoms with Crippen molar-refractivity contribution in [2.45, 2.75) is 24.9 Å². The Balaban J connectivity index is 2.07. The Labute approximate surface area is 99.8 Å². The van der Waals surface area contributed by atoms with E-state index in [1.165, 1.54) is 0 Å². The van der Waals surface area contributed by atoms with Gasteiger partial charge in [0.05, 0.1) is 19.4 Å². The van der Waals surface area contributed by atoms with Crippen molar-refractivity contribution in [1.82, 2.24) is 9.80 Å². The molecular formula is C10H18N4O3. The van der Waals surface area contributed by atoms with Gasteiger partial charge in [-0.05, 0) is 0 Å². The smallest absolute Gasteiger partial charge is 0.199 e. The van der Waals surface area contributed by atoms with Crippen LogP contribution in [0.25, 0.3) is 0 Å². The van der Waals surface area contributed by atoms with Crippen molar-refractivity contribution in [3.05, 3.63) is 12.4 Å². The second-order valence-corrected chi connectivity index (χ2v) is 4.31. The van der Waals surface area contributed by atoms with Gasteiger partial charge in [-0.2, -0.15) is 4.99 Å². The highest BCUT2D eigenvalue weighted by Gasteiger charge is 2.38. The molecule has 1 fully saturated rings. The Morgan fingerprint density at radius 3 is 2.94 bits per heavy atom. The van der Waals surface area contributed by atoms with Gasteiger partial charge in [0.15, 0.2) is 5.96 Å². The molecule has 4 N–H and O–H groups in total. The van der Waals surface area contributed by atoms with Crippen LogP contribution in [0.15, 0.2) is 17.4 Å². The van der Waals surface area contributed by atoms with Crippen LogP contribution < -0.4 is 5.73 Å². The molecule has 2 aliphatic rings. The number of aliphatic hydroxyl groups excluding tert-OH is 2. The summed E-state index contributed by atoms with van der Waals surface area (Å²) in [5, 5.41) is 18.7. The minimum absolute atomic E-state index is 0.195. The first-order valence-electron chi connectivity index (χ1n) is 5.48. The topological polar surface area (TPSA) is 94.6 Å². The zero-order valence-electron chi connectivity index (χ0n) is 9.78. The van der Waals surface area contributed by atoms with Gasteiger partial charge in [-0.3, -0.25) is 0 Å². The first kappa shape index (κ1) is 12.2. The molecule has 0 amide bonds. The minimum atomic E-state index is -0.661. The van der Waals surface area contributed by atoms with Crippen LogP contribution in [0.3, 0.4) is 0 Å². The minimum Gasteiger partial charge on any atom is -0.394 e. The van der Waals surface area contributed by atoms with Gasteiger partial charge < -0.3 is 30.5 Å². The fourth-order valence-corrected chi connectivity index (χ4v) is 1.99. The molecule has 17 heavy (non-hydrogen) atoms. The van der Waals surface area contributed by atoms with E-state index in [-0.39, 0.29) is 12.8 Å². The number of aliphatic imine (C=N–C) groups is 1. The van der Waals surface area contributed by atoms with Crippen LogP contribution in [0.1, 0.15) is 6.42 Å². The van der Waals surface area contributed by atoms with Crippen LogP contribution in [0, 0.1) is 0 Å². The summed E-state index contributed by atoms with van der Waals surface area (Å²) in [6.45, 7) is 4.12. The molecule has 0 bridgehead atoms. The SMILES string of the molecule is C=C1N=C(N)N(C)CN1C1CC(O)C(CO)O1. The summed E-state index contributed by atoms with van der Waals surface area (Å²) in [4.78, 5) is 7.67. The van der Waals surface area contributed by atoms with Crippen LogP contribution in [-0.2, 0) is 4.74 Å². The van der Waals surface area contributed by atoms with E-state index < -0.39 is 12.2 Å². The molecule has 2 aliphatic heterocycles. The summed E-state index contributed by atoms with van der Waals surface area (Å²) in [5.74, 6) is 0.917. The number of aliphatic hydroxyl groups is 2. The molecule has 0 radical (unpaired) electrons. The lowest BCUT2D eigenvalue weighted by molar-refractivity contribution is -0.0762. The number of nitrogens with zero attached hydrogens (tertiary/aromatic N) is 3. The molecule has 2 heterocycles. The highest BCUT2D eigenvalue weighted by Crippen LogP contribution is 2.27. The van der Waals surface area contributed by atoms with Crippen LogP contribution >= 0.6 is 0 Å². The molecule has 0 aromatic heterocycles. The van der Waals surface area contributed by atoms with Crippen LogP contribution in [0.4, 0.5) is 0 Å². The second-order valence-electron chi connectivity index (χ2n) is 4.31. The maximum absolute atomic E-state index is 9.68. The van der Waals surface area contributed by atoms with Crippen molar-refractivity contribution < 1.29 is 14.9 Å². The summed E-state index contributed by atoms with van der Waals surface area (Å²) < 4.78 is 5.54.